The minimum Gasteiger partial charge on any atom is -0.508 e. The van der Waals surface area contributed by atoms with E-state index in [4.69, 9.17) is 35.6 Å². The SMILES string of the molecule is C#Cc1c(F)ccc2cc(O)cc(-c3nc4c5c(nc(OC[C@@]67CCCN6[C@H](COc6cc(C(F)(F)F)ncn6)CC7)nc5c3F)N3CCCOC[C@@H]3CC4)c12. The van der Waals surface area contributed by atoms with E-state index in [0.29, 0.717) is 61.3 Å². The van der Waals surface area contributed by atoms with Gasteiger partial charge in [0.1, 0.15) is 48.1 Å². The van der Waals surface area contributed by atoms with Crippen LogP contribution in [-0.4, -0.2) is 92.1 Å². The number of fused-ring (bicyclic) bond motifs is 4. The maximum absolute atomic E-state index is 17.2. The molecule has 7 heterocycles. The molecular weight excluding hydrogens is 737 g/mol. The number of halogens is 5. The number of benzene rings is 2. The Morgan fingerprint density at radius 1 is 1.00 bits per heavy atom. The van der Waals surface area contributed by atoms with Crippen molar-refractivity contribution in [2.45, 2.75) is 68.7 Å². The molecule has 16 heteroatoms. The number of rotatable bonds is 7. The lowest BCUT2D eigenvalue weighted by atomic mass is 9.95. The van der Waals surface area contributed by atoms with Gasteiger partial charge in [0.05, 0.1) is 34.8 Å². The number of alkyl halides is 3. The lowest BCUT2D eigenvalue weighted by molar-refractivity contribution is -0.141. The molecule has 0 unspecified atom stereocenters. The zero-order chi connectivity index (χ0) is 38.8. The van der Waals surface area contributed by atoms with E-state index in [9.17, 15) is 18.3 Å². The summed E-state index contributed by atoms with van der Waals surface area (Å²) in [5, 5.41) is 11.8. The van der Waals surface area contributed by atoms with E-state index in [2.05, 4.69) is 25.7 Å². The van der Waals surface area contributed by atoms with Gasteiger partial charge in [-0.2, -0.15) is 23.1 Å². The van der Waals surface area contributed by atoms with Crippen molar-refractivity contribution in [1.82, 2.24) is 29.8 Å². The van der Waals surface area contributed by atoms with Crippen LogP contribution in [0.3, 0.4) is 0 Å². The van der Waals surface area contributed by atoms with Gasteiger partial charge in [0.25, 0.3) is 0 Å². The monoisotopic (exact) mass is 773 g/mol. The number of phenolic OH excluding ortho intramolecular Hbond substituents is 1. The largest absolute Gasteiger partial charge is 0.508 e. The van der Waals surface area contributed by atoms with E-state index in [1.54, 1.807) is 0 Å². The zero-order valence-electron chi connectivity index (χ0n) is 30.1. The topological polar surface area (TPSA) is 119 Å². The van der Waals surface area contributed by atoms with Gasteiger partial charge in [-0.1, -0.05) is 12.0 Å². The molecule has 0 bridgehead atoms. The van der Waals surface area contributed by atoms with Crippen LogP contribution in [0.15, 0.2) is 36.7 Å². The Morgan fingerprint density at radius 3 is 2.71 bits per heavy atom. The number of aryl methyl sites for hydroxylation is 1. The molecule has 3 saturated heterocycles. The van der Waals surface area contributed by atoms with E-state index in [-0.39, 0.29) is 70.7 Å². The van der Waals surface area contributed by atoms with Crippen molar-refractivity contribution in [3.8, 4) is 41.2 Å². The molecule has 4 aliphatic rings. The van der Waals surface area contributed by atoms with Gasteiger partial charge < -0.3 is 24.2 Å². The molecule has 3 fully saturated rings. The zero-order valence-corrected chi connectivity index (χ0v) is 30.1. The molecule has 0 aliphatic carbocycles. The molecule has 2 aromatic carbocycles. The van der Waals surface area contributed by atoms with Crippen molar-refractivity contribution in [2.24, 2.45) is 0 Å². The number of phenols is 1. The fraction of sp³-hybridized carbons (Fsp3) is 0.425. The molecule has 1 N–H and O–H groups in total. The Hall–Kier alpha value is -5.40. The number of ether oxygens (including phenoxy) is 3. The van der Waals surface area contributed by atoms with Crippen molar-refractivity contribution in [2.75, 3.05) is 44.4 Å². The van der Waals surface area contributed by atoms with Crippen LogP contribution < -0.4 is 14.4 Å². The molecule has 5 aromatic rings. The first-order chi connectivity index (χ1) is 27.0. The van der Waals surface area contributed by atoms with Crippen molar-refractivity contribution < 1.29 is 41.3 Å². The van der Waals surface area contributed by atoms with E-state index < -0.39 is 29.0 Å². The molecule has 0 amide bonds. The summed E-state index contributed by atoms with van der Waals surface area (Å²) in [4.78, 5) is 26.0. The summed E-state index contributed by atoms with van der Waals surface area (Å²) in [6, 6.07) is 6.04. The predicted octanol–water partition coefficient (Wildman–Crippen LogP) is 6.62. The van der Waals surface area contributed by atoms with Gasteiger partial charge in [0, 0.05) is 36.2 Å². The van der Waals surface area contributed by atoms with Crippen LogP contribution >= 0.6 is 0 Å². The van der Waals surface area contributed by atoms with Gasteiger partial charge in [-0.25, -0.2) is 23.7 Å². The molecule has 11 nitrogen and oxygen atoms in total. The second-order valence-corrected chi connectivity index (χ2v) is 14.8. The van der Waals surface area contributed by atoms with Crippen molar-refractivity contribution in [1.29, 1.82) is 0 Å². The predicted molar refractivity (Wildman–Crippen MR) is 194 cm³/mol. The number of aromatic hydroxyl groups is 1. The summed E-state index contributed by atoms with van der Waals surface area (Å²) in [5.41, 5.74) is -1.06. The first-order valence-corrected chi connectivity index (χ1v) is 18.6. The number of hydrogen-bond donors (Lipinski definition) is 1. The third-order valence-corrected chi connectivity index (χ3v) is 11.6. The highest BCUT2D eigenvalue weighted by Gasteiger charge is 2.50. The summed E-state index contributed by atoms with van der Waals surface area (Å²) >= 11 is 0. The van der Waals surface area contributed by atoms with Crippen LogP contribution in [0.2, 0.25) is 0 Å². The number of aromatic nitrogens is 5. The first kappa shape index (κ1) is 36.3. The van der Waals surface area contributed by atoms with Gasteiger partial charge in [-0.15, -0.1) is 6.42 Å². The third-order valence-electron chi connectivity index (χ3n) is 11.6. The van der Waals surface area contributed by atoms with Gasteiger partial charge in [-0.05, 0) is 75.1 Å². The van der Waals surface area contributed by atoms with E-state index in [1.165, 1.54) is 24.3 Å². The van der Waals surface area contributed by atoms with Gasteiger partial charge >= 0.3 is 12.2 Å². The number of nitrogens with zero attached hydrogens (tertiary/aromatic N) is 7. The molecule has 3 aromatic heterocycles. The highest BCUT2D eigenvalue weighted by Crippen LogP contribution is 2.45. The molecule has 9 rings (SSSR count). The van der Waals surface area contributed by atoms with Crippen molar-refractivity contribution in [3.05, 3.63) is 65.2 Å². The summed E-state index contributed by atoms with van der Waals surface area (Å²) in [6.07, 6.45) is 6.91. The van der Waals surface area contributed by atoms with E-state index in [1.807, 2.05) is 0 Å². The number of hydrogen-bond acceptors (Lipinski definition) is 11. The minimum absolute atomic E-state index is 0.0208. The van der Waals surface area contributed by atoms with Crippen LogP contribution in [0.5, 0.6) is 17.6 Å². The Balaban J connectivity index is 1.08. The van der Waals surface area contributed by atoms with E-state index >= 15 is 8.78 Å². The second kappa shape index (κ2) is 14.0. The normalized spacial score (nSPS) is 22.4. The summed E-state index contributed by atoms with van der Waals surface area (Å²) in [6.45, 7) is 2.67. The van der Waals surface area contributed by atoms with Gasteiger partial charge in [0.15, 0.2) is 11.5 Å². The molecule has 56 heavy (non-hydrogen) atoms. The smallest absolute Gasteiger partial charge is 0.433 e. The second-order valence-electron chi connectivity index (χ2n) is 14.8. The lowest BCUT2D eigenvalue weighted by Gasteiger charge is -2.34. The van der Waals surface area contributed by atoms with Crippen LogP contribution in [-0.2, 0) is 17.3 Å². The summed E-state index contributed by atoms with van der Waals surface area (Å²) in [5.74, 6) is 1.10. The Bertz CT molecular complexity index is 2410. The average molecular weight is 774 g/mol. The summed E-state index contributed by atoms with van der Waals surface area (Å²) < 4.78 is 90.1. The minimum atomic E-state index is -4.62. The fourth-order valence-electron chi connectivity index (χ4n) is 8.98. The fourth-order valence-corrected chi connectivity index (χ4v) is 8.98. The quantitative estimate of drug-likeness (QED) is 0.142. The molecule has 0 spiro atoms. The van der Waals surface area contributed by atoms with Crippen LogP contribution in [0.25, 0.3) is 32.9 Å². The molecule has 4 aliphatic heterocycles. The Kier molecular flexibility index (Phi) is 9.04. The molecule has 3 atom stereocenters. The number of terminal acetylenes is 1. The average Bonchev–Trinajstić information content (AvgIpc) is 3.60. The Morgan fingerprint density at radius 2 is 1.88 bits per heavy atom. The van der Waals surface area contributed by atoms with Crippen LogP contribution in [0.4, 0.5) is 27.8 Å². The summed E-state index contributed by atoms with van der Waals surface area (Å²) in [7, 11) is 0. The maximum Gasteiger partial charge on any atom is 0.433 e. The molecular formula is C40H36F5N7O4. The van der Waals surface area contributed by atoms with Crippen LogP contribution in [0, 0.1) is 24.0 Å². The van der Waals surface area contributed by atoms with Gasteiger partial charge in [-0.3, -0.25) is 4.90 Å². The lowest BCUT2D eigenvalue weighted by Crippen LogP contribution is -2.48. The van der Waals surface area contributed by atoms with Crippen LogP contribution in [0.1, 0.15) is 55.5 Å². The highest BCUT2D eigenvalue weighted by atomic mass is 19.4. The third kappa shape index (κ3) is 6.26. The molecule has 0 radical (unpaired) electrons. The standard InChI is InChI=1S/C40H36F5N7O4/c1-2-26-28(41)7-5-22-15-25(53)16-27(32(22)26)35-34(42)36-33-29(48-35)8-6-23-18-54-14-4-12-51(23)37(33)50-38(49-36)56-20-39-10-3-13-52(39)24(9-11-39)19-55-31-17-30(40(43,44)45)46-21-47-31/h1,5,7,15-17,21,23-24,53H,3-4,6,8-14,18-20H2/t23-,24-,39-/m0/s1. The van der Waals surface area contributed by atoms with Gasteiger partial charge in [0.2, 0.25) is 5.88 Å². The molecule has 0 saturated carbocycles. The number of pyridine rings is 1. The first-order valence-electron chi connectivity index (χ1n) is 18.6. The number of anilines is 1. The highest BCUT2D eigenvalue weighted by molar-refractivity contribution is 6.03. The van der Waals surface area contributed by atoms with Crippen molar-refractivity contribution >= 4 is 27.5 Å². The van der Waals surface area contributed by atoms with Crippen molar-refractivity contribution in [3.63, 3.8) is 0 Å². The van der Waals surface area contributed by atoms with E-state index in [0.717, 1.165) is 44.6 Å². The Labute approximate surface area is 317 Å². The molecule has 290 valence electrons. The maximum atomic E-state index is 17.2.